The normalized spacial score (nSPS) is 48.0. The van der Waals surface area contributed by atoms with Gasteiger partial charge in [0.1, 0.15) is 0 Å². The molecule has 0 spiro atoms. The summed E-state index contributed by atoms with van der Waals surface area (Å²) in [4.78, 5) is 2.55. The average Bonchev–Trinajstić information content (AvgIpc) is 2.07. The minimum absolute atomic E-state index is 0.939. The van der Waals surface area contributed by atoms with Gasteiger partial charge >= 0.3 is 0 Å². The van der Waals surface area contributed by atoms with Crippen LogP contribution in [-0.4, -0.2) is 24.5 Å². The standard InChI is InChI=1S/C9H17N/c1-7-3-8-5-9(4-7)10(2)6-8/h7-9H,3-6H2,1-2H3. The van der Waals surface area contributed by atoms with Gasteiger partial charge in [0.15, 0.2) is 0 Å². The van der Waals surface area contributed by atoms with E-state index in [1.807, 2.05) is 0 Å². The first-order valence-corrected chi connectivity index (χ1v) is 4.46. The summed E-state index contributed by atoms with van der Waals surface area (Å²) in [5.74, 6) is 2.03. The van der Waals surface area contributed by atoms with Gasteiger partial charge in [0.05, 0.1) is 0 Å². The van der Waals surface area contributed by atoms with Crippen LogP contribution in [0.5, 0.6) is 0 Å². The molecule has 1 aliphatic heterocycles. The highest BCUT2D eigenvalue weighted by atomic mass is 15.2. The fourth-order valence-corrected chi connectivity index (χ4v) is 2.77. The van der Waals surface area contributed by atoms with E-state index < -0.39 is 0 Å². The Labute approximate surface area is 63.4 Å². The summed E-state index contributed by atoms with van der Waals surface area (Å²) in [7, 11) is 2.28. The van der Waals surface area contributed by atoms with Gasteiger partial charge in [-0.3, -0.25) is 0 Å². The van der Waals surface area contributed by atoms with Crippen molar-refractivity contribution in [2.45, 2.75) is 32.2 Å². The monoisotopic (exact) mass is 139 g/mol. The lowest BCUT2D eigenvalue weighted by molar-refractivity contribution is 0.259. The van der Waals surface area contributed by atoms with E-state index in [1.165, 1.54) is 25.8 Å². The molecule has 0 aromatic heterocycles. The predicted molar refractivity (Wildman–Crippen MR) is 42.9 cm³/mol. The van der Waals surface area contributed by atoms with Crippen molar-refractivity contribution in [3.63, 3.8) is 0 Å². The van der Waals surface area contributed by atoms with Crippen LogP contribution in [0.2, 0.25) is 0 Å². The lowest BCUT2D eigenvalue weighted by Crippen LogP contribution is -2.26. The van der Waals surface area contributed by atoms with Gasteiger partial charge in [0.2, 0.25) is 0 Å². The van der Waals surface area contributed by atoms with Crippen LogP contribution in [0.25, 0.3) is 0 Å². The number of likely N-dealkylation sites (tertiary alicyclic amines) is 1. The Balaban J connectivity index is 2.06. The maximum Gasteiger partial charge on any atom is 0.00979 e. The van der Waals surface area contributed by atoms with Crippen LogP contribution in [-0.2, 0) is 0 Å². The molecule has 1 nitrogen and oxygen atoms in total. The first-order chi connectivity index (χ1) is 4.75. The van der Waals surface area contributed by atoms with Crippen molar-refractivity contribution in [3.05, 3.63) is 0 Å². The summed E-state index contributed by atoms with van der Waals surface area (Å²) in [5.41, 5.74) is 0. The SMILES string of the molecule is CC1CC2CC(C1)N(C)C2. The lowest BCUT2D eigenvalue weighted by atomic mass is 9.83. The molecule has 1 saturated heterocycles. The molecule has 3 unspecified atom stereocenters. The third-order valence-electron chi connectivity index (χ3n) is 3.19. The van der Waals surface area contributed by atoms with Crippen LogP contribution in [0.1, 0.15) is 26.2 Å². The van der Waals surface area contributed by atoms with Gasteiger partial charge < -0.3 is 4.90 Å². The molecule has 1 heterocycles. The van der Waals surface area contributed by atoms with Crippen LogP contribution in [0.3, 0.4) is 0 Å². The summed E-state index contributed by atoms with van der Waals surface area (Å²) in [6.45, 7) is 3.77. The molecule has 0 radical (unpaired) electrons. The fraction of sp³-hybridized carbons (Fsp3) is 1.00. The van der Waals surface area contributed by atoms with Gasteiger partial charge in [-0.25, -0.2) is 0 Å². The third kappa shape index (κ3) is 0.968. The Bertz CT molecular complexity index is 128. The van der Waals surface area contributed by atoms with E-state index >= 15 is 0 Å². The van der Waals surface area contributed by atoms with Crippen molar-refractivity contribution in [1.29, 1.82) is 0 Å². The highest BCUT2D eigenvalue weighted by Gasteiger charge is 2.35. The quantitative estimate of drug-likeness (QED) is 0.494. The third-order valence-corrected chi connectivity index (χ3v) is 3.19. The van der Waals surface area contributed by atoms with E-state index in [-0.39, 0.29) is 0 Å². The van der Waals surface area contributed by atoms with Crippen molar-refractivity contribution in [1.82, 2.24) is 4.90 Å². The summed E-state index contributed by atoms with van der Waals surface area (Å²) in [5, 5.41) is 0. The van der Waals surface area contributed by atoms with Crippen LogP contribution in [0.15, 0.2) is 0 Å². The molecule has 1 heteroatoms. The summed E-state index contributed by atoms with van der Waals surface area (Å²) in [6, 6.07) is 0.939. The molecule has 58 valence electrons. The summed E-state index contributed by atoms with van der Waals surface area (Å²) < 4.78 is 0. The predicted octanol–water partition coefficient (Wildman–Crippen LogP) is 1.74. The summed E-state index contributed by atoms with van der Waals surface area (Å²) in [6.07, 6.45) is 4.43. The topological polar surface area (TPSA) is 3.24 Å². The van der Waals surface area contributed by atoms with Crippen LogP contribution < -0.4 is 0 Å². The van der Waals surface area contributed by atoms with Gasteiger partial charge in [0.25, 0.3) is 0 Å². The van der Waals surface area contributed by atoms with E-state index in [0.717, 1.165) is 17.9 Å². The van der Waals surface area contributed by atoms with E-state index in [1.54, 1.807) is 0 Å². The molecular weight excluding hydrogens is 122 g/mol. The van der Waals surface area contributed by atoms with E-state index in [9.17, 15) is 0 Å². The molecular formula is C9H17N. The Morgan fingerprint density at radius 1 is 1.20 bits per heavy atom. The van der Waals surface area contributed by atoms with Gasteiger partial charge in [-0.2, -0.15) is 0 Å². The second kappa shape index (κ2) is 2.23. The van der Waals surface area contributed by atoms with Crippen molar-refractivity contribution >= 4 is 0 Å². The average molecular weight is 139 g/mol. The zero-order valence-electron chi connectivity index (χ0n) is 7.01. The van der Waals surface area contributed by atoms with Crippen molar-refractivity contribution < 1.29 is 0 Å². The molecule has 0 amide bonds. The number of rotatable bonds is 0. The molecule has 2 fully saturated rings. The van der Waals surface area contributed by atoms with Crippen LogP contribution in [0.4, 0.5) is 0 Å². The first-order valence-electron chi connectivity index (χ1n) is 4.46. The zero-order chi connectivity index (χ0) is 7.14. The minimum atomic E-state index is 0.939. The first kappa shape index (κ1) is 6.66. The molecule has 2 rings (SSSR count). The van der Waals surface area contributed by atoms with Gasteiger partial charge in [-0.05, 0) is 38.1 Å². The Morgan fingerprint density at radius 3 is 2.70 bits per heavy atom. The molecule has 0 aromatic carbocycles. The van der Waals surface area contributed by atoms with Crippen LogP contribution in [0, 0.1) is 11.8 Å². The van der Waals surface area contributed by atoms with Gasteiger partial charge in [-0.1, -0.05) is 6.92 Å². The van der Waals surface area contributed by atoms with Crippen LogP contribution >= 0.6 is 0 Å². The number of nitrogens with zero attached hydrogens (tertiary/aromatic N) is 1. The Hall–Kier alpha value is -0.0400. The maximum atomic E-state index is 2.55. The molecule has 2 aliphatic rings. The number of fused-ring (bicyclic) bond motifs is 2. The zero-order valence-corrected chi connectivity index (χ0v) is 7.01. The Morgan fingerprint density at radius 2 is 2.00 bits per heavy atom. The molecule has 0 aromatic rings. The molecule has 1 saturated carbocycles. The second-order valence-electron chi connectivity index (χ2n) is 4.27. The lowest BCUT2D eigenvalue weighted by Gasteiger charge is -2.25. The highest BCUT2D eigenvalue weighted by molar-refractivity contribution is 4.89. The summed E-state index contributed by atoms with van der Waals surface area (Å²) >= 11 is 0. The molecule has 0 N–H and O–H groups in total. The van der Waals surface area contributed by atoms with Crippen molar-refractivity contribution in [2.75, 3.05) is 13.6 Å². The molecule has 10 heavy (non-hydrogen) atoms. The van der Waals surface area contributed by atoms with Crippen molar-refractivity contribution in [2.24, 2.45) is 11.8 Å². The second-order valence-corrected chi connectivity index (χ2v) is 4.27. The fourth-order valence-electron chi connectivity index (χ4n) is 2.77. The smallest absolute Gasteiger partial charge is 0.00979 e. The number of hydrogen-bond acceptors (Lipinski definition) is 1. The highest BCUT2D eigenvalue weighted by Crippen LogP contribution is 2.37. The maximum absolute atomic E-state index is 2.55. The largest absolute Gasteiger partial charge is 0.303 e. The van der Waals surface area contributed by atoms with E-state index in [4.69, 9.17) is 0 Å². The van der Waals surface area contributed by atoms with E-state index in [2.05, 4.69) is 18.9 Å². The molecule has 1 aliphatic carbocycles. The molecule has 3 atom stereocenters. The van der Waals surface area contributed by atoms with Gasteiger partial charge in [-0.15, -0.1) is 0 Å². The Kier molecular flexibility index (Phi) is 1.48. The van der Waals surface area contributed by atoms with Gasteiger partial charge in [0, 0.05) is 12.6 Å². The van der Waals surface area contributed by atoms with Crippen molar-refractivity contribution in [3.8, 4) is 0 Å². The van der Waals surface area contributed by atoms with E-state index in [0.29, 0.717) is 0 Å². The number of hydrogen-bond donors (Lipinski definition) is 0. The molecule has 2 bridgehead atoms. The minimum Gasteiger partial charge on any atom is -0.303 e.